The molecule has 4 nitrogen and oxygen atoms in total. The Bertz CT molecular complexity index is 1310. The van der Waals surface area contributed by atoms with E-state index in [0.717, 1.165) is 17.1 Å². The monoisotopic (exact) mass is 417 g/mol. The van der Waals surface area contributed by atoms with Gasteiger partial charge in [0.15, 0.2) is 17.1 Å². The van der Waals surface area contributed by atoms with Crippen LogP contribution in [-0.4, -0.2) is 0 Å². The lowest BCUT2D eigenvalue weighted by Crippen LogP contribution is -2.15. The highest BCUT2D eigenvalue weighted by molar-refractivity contribution is 7.99. The SMILES string of the molecule is [C-]#[N+]c1cc([N+]#[C-])cc(Oc2ccccc2N2c3ccccc3Sc3ccccc32)c1. The maximum atomic E-state index is 7.31. The predicted octanol–water partition coefficient (Wildman–Crippen LogP) is 8.51. The number of nitrogens with zero attached hydrogens (tertiary/aromatic N) is 3. The molecule has 4 aromatic carbocycles. The van der Waals surface area contributed by atoms with Crippen LogP contribution in [0.15, 0.2) is 101 Å². The highest BCUT2D eigenvalue weighted by Gasteiger charge is 2.26. The Morgan fingerprint density at radius 1 is 0.645 bits per heavy atom. The number of anilines is 3. The van der Waals surface area contributed by atoms with Crippen molar-refractivity contribution in [1.29, 1.82) is 0 Å². The summed E-state index contributed by atoms with van der Waals surface area (Å²) in [7, 11) is 0. The lowest BCUT2D eigenvalue weighted by atomic mass is 10.1. The minimum atomic E-state index is 0.381. The lowest BCUT2D eigenvalue weighted by Gasteiger charge is -2.33. The van der Waals surface area contributed by atoms with Crippen molar-refractivity contribution in [3.63, 3.8) is 0 Å². The number of hydrogen-bond acceptors (Lipinski definition) is 3. The average Bonchev–Trinajstić information content (AvgIpc) is 2.82. The molecule has 0 saturated heterocycles. The molecular weight excluding hydrogens is 402 g/mol. The molecule has 0 fully saturated rings. The smallest absolute Gasteiger partial charge is 0.180 e. The van der Waals surface area contributed by atoms with Crippen LogP contribution in [0.2, 0.25) is 0 Å². The summed E-state index contributed by atoms with van der Waals surface area (Å²) in [5.41, 5.74) is 3.82. The van der Waals surface area contributed by atoms with Gasteiger partial charge in [-0.3, -0.25) is 0 Å². The van der Waals surface area contributed by atoms with Crippen molar-refractivity contribution in [3.05, 3.63) is 114 Å². The van der Waals surface area contributed by atoms with E-state index in [4.69, 9.17) is 17.9 Å². The third kappa shape index (κ3) is 3.48. The van der Waals surface area contributed by atoms with Gasteiger partial charge in [0.25, 0.3) is 0 Å². The molecule has 0 bridgehead atoms. The van der Waals surface area contributed by atoms with Gasteiger partial charge in [0.05, 0.1) is 30.2 Å². The molecule has 0 spiro atoms. The highest BCUT2D eigenvalue weighted by Crippen LogP contribution is 2.53. The van der Waals surface area contributed by atoms with Crippen molar-refractivity contribution in [2.24, 2.45) is 0 Å². The second-order valence-corrected chi connectivity index (χ2v) is 7.94. The van der Waals surface area contributed by atoms with E-state index in [2.05, 4.69) is 38.9 Å². The van der Waals surface area contributed by atoms with E-state index in [1.807, 2.05) is 48.5 Å². The molecule has 4 aromatic rings. The number of ether oxygens (including phenoxy) is 1. The van der Waals surface area contributed by atoms with Crippen molar-refractivity contribution < 1.29 is 4.74 Å². The summed E-state index contributed by atoms with van der Waals surface area (Å²) in [6, 6.07) is 29.3. The van der Waals surface area contributed by atoms with E-state index in [1.165, 1.54) is 9.79 Å². The molecule has 31 heavy (non-hydrogen) atoms. The first-order chi connectivity index (χ1) is 15.3. The van der Waals surface area contributed by atoms with E-state index in [1.54, 1.807) is 30.0 Å². The second kappa shape index (κ2) is 7.91. The molecule has 0 saturated carbocycles. The molecular formula is C26H15N3OS. The number of fused-ring (bicyclic) bond motifs is 2. The Labute approximate surface area is 185 Å². The first-order valence-electron chi connectivity index (χ1n) is 9.60. The molecule has 5 heteroatoms. The normalized spacial score (nSPS) is 11.6. The zero-order valence-corrected chi connectivity index (χ0v) is 17.1. The van der Waals surface area contributed by atoms with Crippen molar-refractivity contribution in [2.45, 2.75) is 9.79 Å². The van der Waals surface area contributed by atoms with Crippen molar-refractivity contribution in [2.75, 3.05) is 4.90 Å². The fourth-order valence-electron chi connectivity index (χ4n) is 3.58. The van der Waals surface area contributed by atoms with Gasteiger partial charge in [-0.05, 0) is 48.5 Å². The summed E-state index contributed by atoms with van der Waals surface area (Å²) in [5.74, 6) is 1.12. The van der Waals surface area contributed by atoms with Crippen LogP contribution in [0.1, 0.15) is 0 Å². The van der Waals surface area contributed by atoms with Gasteiger partial charge < -0.3 is 9.64 Å². The predicted molar refractivity (Wildman–Crippen MR) is 124 cm³/mol. The van der Waals surface area contributed by atoms with E-state index >= 15 is 0 Å². The summed E-state index contributed by atoms with van der Waals surface area (Å²) in [6.45, 7) is 14.6. The van der Waals surface area contributed by atoms with Crippen LogP contribution in [0, 0.1) is 13.1 Å². The quantitative estimate of drug-likeness (QED) is 0.275. The fourth-order valence-corrected chi connectivity index (χ4v) is 4.63. The van der Waals surface area contributed by atoms with Crippen LogP contribution in [0.5, 0.6) is 11.5 Å². The summed E-state index contributed by atoms with van der Waals surface area (Å²) in [5, 5.41) is 0. The van der Waals surface area contributed by atoms with Crippen LogP contribution in [0.3, 0.4) is 0 Å². The van der Waals surface area contributed by atoms with Gasteiger partial charge >= 0.3 is 0 Å². The van der Waals surface area contributed by atoms with Crippen LogP contribution in [0.25, 0.3) is 9.69 Å². The summed E-state index contributed by atoms with van der Waals surface area (Å²) >= 11 is 1.75. The van der Waals surface area contributed by atoms with E-state index in [-0.39, 0.29) is 0 Å². The maximum Gasteiger partial charge on any atom is 0.180 e. The van der Waals surface area contributed by atoms with Gasteiger partial charge in [0.1, 0.15) is 5.75 Å². The van der Waals surface area contributed by atoms with Gasteiger partial charge in [0, 0.05) is 9.79 Å². The molecule has 0 radical (unpaired) electrons. The molecule has 0 atom stereocenters. The van der Waals surface area contributed by atoms with E-state index < -0.39 is 0 Å². The molecule has 1 aliphatic rings. The average molecular weight is 417 g/mol. The Hall–Kier alpha value is -4.19. The Balaban J connectivity index is 1.65. The molecule has 146 valence electrons. The van der Waals surface area contributed by atoms with Gasteiger partial charge in [-0.25, -0.2) is 9.69 Å². The maximum absolute atomic E-state index is 7.31. The van der Waals surface area contributed by atoms with E-state index in [0.29, 0.717) is 22.9 Å². The number of benzene rings is 4. The molecule has 0 amide bonds. The van der Waals surface area contributed by atoms with Gasteiger partial charge in [-0.15, -0.1) is 0 Å². The summed E-state index contributed by atoms with van der Waals surface area (Å²) in [4.78, 5) is 11.5. The van der Waals surface area contributed by atoms with Crippen LogP contribution in [0.4, 0.5) is 28.4 Å². The number of rotatable bonds is 3. The largest absolute Gasteiger partial charge is 0.458 e. The zero-order valence-electron chi connectivity index (χ0n) is 16.3. The molecule has 1 aliphatic heterocycles. The summed E-state index contributed by atoms with van der Waals surface area (Å²) < 4.78 is 6.24. The molecule has 1 heterocycles. The first kappa shape index (κ1) is 18.8. The first-order valence-corrected chi connectivity index (χ1v) is 10.4. The number of para-hydroxylation sites is 4. The van der Waals surface area contributed by atoms with Crippen LogP contribution in [-0.2, 0) is 0 Å². The second-order valence-electron chi connectivity index (χ2n) is 6.85. The molecule has 0 aromatic heterocycles. The van der Waals surface area contributed by atoms with Gasteiger partial charge in [0.2, 0.25) is 0 Å². The summed E-state index contributed by atoms with van der Waals surface area (Å²) in [6.07, 6.45) is 0. The minimum absolute atomic E-state index is 0.381. The Morgan fingerprint density at radius 2 is 1.16 bits per heavy atom. The lowest BCUT2D eigenvalue weighted by molar-refractivity contribution is 0.484. The molecule has 0 N–H and O–H groups in total. The Morgan fingerprint density at radius 3 is 1.74 bits per heavy atom. The van der Waals surface area contributed by atoms with Crippen molar-refractivity contribution in [3.8, 4) is 11.5 Å². The van der Waals surface area contributed by atoms with Crippen molar-refractivity contribution in [1.82, 2.24) is 0 Å². The third-order valence-corrected chi connectivity index (χ3v) is 6.03. The van der Waals surface area contributed by atoms with E-state index in [9.17, 15) is 0 Å². The fraction of sp³-hybridized carbons (Fsp3) is 0. The molecule has 5 rings (SSSR count). The minimum Gasteiger partial charge on any atom is -0.458 e. The van der Waals surface area contributed by atoms with Gasteiger partial charge in [-0.2, -0.15) is 0 Å². The third-order valence-electron chi connectivity index (χ3n) is 4.90. The van der Waals surface area contributed by atoms with Crippen LogP contribution < -0.4 is 9.64 Å². The highest BCUT2D eigenvalue weighted by atomic mass is 32.2. The van der Waals surface area contributed by atoms with Crippen molar-refractivity contribution >= 4 is 40.2 Å². The standard InChI is InChI=1S/C26H15N3OS/c1-27-18-15-19(28-2)17-20(16-18)30-24-12-6-3-9-21(24)29-22-10-4-7-13-25(22)31-26-14-8-5-11-23(26)29/h3-17H. The topological polar surface area (TPSA) is 21.2 Å². The molecule has 0 aliphatic carbocycles. The Kier molecular flexibility index (Phi) is 4.80. The number of hydrogen-bond donors (Lipinski definition) is 0. The zero-order chi connectivity index (χ0) is 21.2. The molecule has 0 unspecified atom stereocenters. The van der Waals surface area contributed by atoms with Gasteiger partial charge in [-0.1, -0.05) is 54.2 Å². The van der Waals surface area contributed by atoms with Crippen LogP contribution >= 0.6 is 11.8 Å².